The van der Waals surface area contributed by atoms with E-state index in [0.29, 0.717) is 5.88 Å². The molecule has 90 valence electrons. The van der Waals surface area contributed by atoms with Gasteiger partial charge in [0.15, 0.2) is 0 Å². The van der Waals surface area contributed by atoms with Crippen LogP contribution in [0.1, 0.15) is 5.69 Å². The Morgan fingerprint density at radius 2 is 1.56 bits per heavy atom. The molecule has 0 aliphatic heterocycles. The maximum atomic E-state index is 8.70. The van der Waals surface area contributed by atoms with Crippen molar-refractivity contribution in [3.8, 4) is 0 Å². The van der Waals surface area contributed by atoms with Crippen LogP contribution < -0.4 is 0 Å². The molecular weight excluding hydrogens is 279 g/mol. The third-order valence-corrected chi connectivity index (χ3v) is 1.14. The quantitative estimate of drug-likeness (QED) is 0.450. The van der Waals surface area contributed by atoms with Gasteiger partial charge in [-0.15, -0.1) is 31.2 Å². The Kier molecular flexibility index (Phi) is 14.0. The summed E-state index contributed by atoms with van der Waals surface area (Å²) in [6, 6.07) is 5.69. The zero-order valence-corrected chi connectivity index (χ0v) is 10.4. The van der Waals surface area contributed by atoms with Gasteiger partial charge < -0.3 is 0 Å². The minimum Gasteiger partial charge on any atom is -0.260 e. The lowest BCUT2D eigenvalue weighted by atomic mass is 10.4. The molecule has 0 amide bonds. The summed E-state index contributed by atoms with van der Waals surface area (Å²) >= 11 is 5.46. The minimum absolute atomic E-state index is 0.501. The summed E-state index contributed by atoms with van der Waals surface area (Å²) in [5, 5.41) is 0. The Bertz CT molecular complexity index is 291. The molecule has 0 aromatic carbocycles. The summed E-state index contributed by atoms with van der Waals surface area (Å²) in [6.07, 6.45) is 1.73. The fourth-order valence-corrected chi connectivity index (χ4v) is 0.635. The van der Waals surface area contributed by atoms with Crippen molar-refractivity contribution < 1.29 is 28.7 Å². The normalized spacial score (nSPS) is 7.81. The molecule has 16 heavy (non-hydrogen) atoms. The van der Waals surface area contributed by atoms with Gasteiger partial charge >= 0.3 is 16.5 Å². The van der Waals surface area contributed by atoms with E-state index >= 15 is 0 Å². The van der Waals surface area contributed by atoms with Crippen LogP contribution in [0.3, 0.4) is 0 Å². The van der Waals surface area contributed by atoms with Gasteiger partial charge in [0.25, 0.3) is 0 Å². The predicted octanol–water partition coefficient (Wildman–Crippen LogP) is 1.08. The van der Waals surface area contributed by atoms with Crippen LogP contribution in [-0.4, -0.2) is 24.6 Å². The van der Waals surface area contributed by atoms with Crippen molar-refractivity contribution in [3.63, 3.8) is 0 Å². The van der Waals surface area contributed by atoms with Gasteiger partial charge in [0.05, 0.1) is 11.6 Å². The lowest BCUT2D eigenvalue weighted by molar-refractivity contribution is 0.403. The molecule has 0 atom stereocenters. The van der Waals surface area contributed by atoms with Crippen LogP contribution in [0.25, 0.3) is 0 Å². The number of aromatic nitrogens is 1. The van der Waals surface area contributed by atoms with Crippen LogP contribution in [0.5, 0.6) is 0 Å². The maximum Gasteiger partial charge on any atom is 0.692 e. The first-order chi connectivity index (χ1) is 7.40. The Morgan fingerprint density at radius 3 is 1.75 bits per heavy atom. The van der Waals surface area contributed by atoms with Crippen LogP contribution in [-0.2, 0) is 15.0 Å². The van der Waals surface area contributed by atoms with Crippen LogP contribution in [0, 0.1) is 0 Å². The summed E-state index contributed by atoms with van der Waals surface area (Å²) in [6.45, 7) is 0. The summed E-state index contributed by atoms with van der Waals surface area (Å²) < 4.78 is 17.4. The second-order valence-electron chi connectivity index (χ2n) is 1.96. The van der Waals surface area contributed by atoms with Gasteiger partial charge in [0.1, 0.15) is 0 Å². The van der Waals surface area contributed by atoms with E-state index in [1.54, 1.807) is 6.20 Å². The molecule has 0 spiro atoms. The number of hydrogen-bond acceptors (Lipinski definition) is 3. The smallest absolute Gasteiger partial charge is 0.260 e. The molecule has 0 aliphatic rings. The van der Waals surface area contributed by atoms with Gasteiger partial charge in [-0.2, -0.15) is 0 Å². The number of pyridine rings is 1. The second-order valence-corrected chi connectivity index (χ2v) is 3.24. The van der Waals surface area contributed by atoms with Crippen LogP contribution >= 0.6 is 28.1 Å². The number of rotatable bonds is 1. The average Bonchev–Trinajstić information content (AvgIpc) is 2.17. The van der Waals surface area contributed by atoms with E-state index in [4.69, 9.17) is 40.3 Å². The number of alkyl halides is 1. The fraction of sp³-hybridized carbons (Fsp3) is 0.167. The summed E-state index contributed by atoms with van der Waals surface area (Å²) in [7, 11) is -5.74. The highest BCUT2D eigenvalue weighted by Gasteiger charge is 1.93. The van der Waals surface area contributed by atoms with Gasteiger partial charge in [-0.05, 0) is 12.1 Å². The molecule has 1 aromatic rings. The molecule has 0 aliphatic carbocycles. The van der Waals surface area contributed by atoms with Crippen molar-refractivity contribution >= 4 is 28.1 Å². The van der Waals surface area contributed by atoms with Crippen molar-refractivity contribution in [3.05, 3.63) is 30.1 Å². The lowest BCUT2D eigenvalue weighted by Gasteiger charge is -1.87. The second kappa shape index (κ2) is 12.5. The van der Waals surface area contributed by atoms with E-state index in [1.807, 2.05) is 18.2 Å². The molecule has 0 fully saturated rings. The predicted molar refractivity (Wildman–Crippen MR) is 57.9 cm³/mol. The number of hydrogen-bond donors (Lipinski definition) is 4. The monoisotopic (exact) mass is 289 g/mol. The highest BCUT2D eigenvalue weighted by Crippen LogP contribution is 1.99. The van der Waals surface area contributed by atoms with E-state index in [0.717, 1.165) is 5.69 Å². The Morgan fingerprint density at radius 1 is 1.12 bits per heavy atom. The standard InChI is InChI=1S/C6H6ClN.2HO3P/c7-5-6-3-1-2-4-8-6;2*1-4(2)3/h1-4H,5H2;2*(H-,1,2,3)/p+2. The van der Waals surface area contributed by atoms with Crippen molar-refractivity contribution in [1.29, 1.82) is 0 Å². The molecule has 0 radical (unpaired) electrons. The Hall–Kier alpha value is -0.520. The number of nitrogens with zero attached hydrogens (tertiary/aromatic N) is 1. The molecule has 1 aromatic heterocycles. The summed E-state index contributed by atoms with van der Waals surface area (Å²) in [4.78, 5) is 32.4. The Labute approximate surface area is 98.3 Å². The van der Waals surface area contributed by atoms with Crippen LogP contribution in [0.2, 0.25) is 0 Å². The third-order valence-electron chi connectivity index (χ3n) is 0.863. The molecule has 0 unspecified atom stereocenters. The molecule has 10 heteroatoms. The van der Waals surface area contributed by atoms with Gasteiger partial charge in [-0.1, -0.05) is 6.07 Å². The topological polar surface area (TPSA) is 128 Å². The highest BCUT2D eigenvalue weighted by molar-refractivity contribution is 7.31. The average molecular weight is 290 g/mol. The van der Waals surface area contributed by atoms with Crippen molar-refractivity contribution in [1.82, 2.24) is 4.98 Å². The van der Waals surface area contributed by atoms with Crippen molar-refractivity contribution in [2.45, 2.75) is 5.88 Å². The van der Waals surface area contributed by atoms with Gasteiger partial charge in [0.2, 0.25) is 0 Å². The van der Waals surface area contributed by atoms with Gasteiger partial charge in [-0.25, -0.2) is 0 Å². The molecule has 0 bridgehead atoms. The molecule has 0 saturated carbocycles. The first-order valence-corrected chi connectivity index (χ1v) is 6.42. The number of halogens is 1. The zero-order chi connectivity index (χ0) is 13.0. The first-order valence-electron chi connectivity index (χ1n) is 3.56. The largest absolute Gasteiger partial charge is 0.692 e. The molecule has 7 nitrogen and oxygen atoms in total. The summed E-state index contributed by atoms with van der Waals surface area (Å²) in [5.74, 6) is 0.501. The SMILES string of the molecule is ClCc1ccccn1.O=[P+](O)O.O=[P+](O)O. The van der Waals surface area contributed by atoms with E-state index in [2.05, 4.69) is 4.98 Å². The zero-order valence-electron chi connectivity index (χ0n) is 7.84. The summed E-state index contributed by atoms with van der Waals surface area (Å²) in [5.41, 5.74) is 0.925. The van der Waals surface area contributed by atoms with Crippen LogP contribution in [0.4, 0.5) is 0 Å². The van der Waals surface area contributed by atoms with Crippen molar-refractivity contribution in [2.24, 2.45) is 0 Å². The molecule has 0 saturated heterocycles. The third kappa shape index (κ3) is 23.4. The molecular formula is C6H10ClNO6P2+2. The Balaban J connectivity index is 0. The lowest BCUT2D eigenvalue weighted by Crippen LogP contribution is -1.79. The van der Waals surface area contributed by atoms with Gasteiger partial charge in [-0.3, -0.25) is 4.98 Å². The first kappa shape index (κ1) is 17.9. The van der Waals surface area contributed by atoms with Crippen LogP contribution in [0.15, 0.2) is 24.4 Å². The highest BCUT2D eigenvalue weighted by atomic mass is 35.5. The van der Waals surface area contributed by atoms with E-state index in [1.165, 1.54) is 0 Å². The van der Waals surface area contributed by atoms with Crippen molar-refractivity contribution in [2.75, 3.05) is 0 Å². The molecule has 1 rings (SSSR count). The van der Waals surface area contributed by atoms with E-state index < -0.39 is 16.5 Å². The minimum atomic E-state index is -2.87. The fourth-order valence-electron chi connectivity index (χ4n) is 0.477. The molecule has 4 N–H and O–H groups in total. The van der Waals surface area contributed by atoms with E-state index in [-0.39, 0.29) is 0 Å². The van der Waals surface area contributed by atoms with Gasteiger partial charge in [0, 0.05) is 15.3 Å². The maximum absolute atomic E-state index is 8.70. The molecule has 1 heterocycles. The van der Waals surface area contributed by atoms with E-state index in [9.17, 15) is 0 Å².